The van der Waals surface area contributed by atoms with Gasteiger partial charge >= 0.3 is 0 Å². The molecule has 26 heavy (non-hydrogen) atoms. The molecule has 0 unspecified atom stereocenters. The number of nitrogens with zero attached hydrogens (tertiary/aromatic N) is 4. The predicted molar refractivity (Wildman–Crippen MR) is 100 cm³/mol. The zero-order valence-corrected chi connectivity index (χ0v) is 14.3. The van der Waals surface area contributed by atoms with Crippen LogP contribution in [-0.2, 0) is 0 Å². The quantitative estimate of drug-likeness (QED) is 0.685. The van der Waals surface area contributed by atoms with Crippen molar-refractivity contribution in [1.29, 1.82) is 15.8 Å². The van der Waals surface area contributed by atoms with E-state index in [1.807, 2.05) is 60.0 Å². The number of nitriles is 3. The van der Waals surface area contributed by atoms with Gasteiger partial charge in [0.1, 0.15) is 28.9 Å². The van der Waals surface area contributed by atoms with Crippen molar-refractivity contribution in [2.24, 2.45) is 0 Å². The molecule has 0 atom stereocenters. The van der Waals surface area contributed by atoms with Crippen LogP contribution in [0.1, 0.15) is 0 Å². The van der Waals surface area contributed by atoms with E-state index in [2.05, 4.69) is 10.3 Å². The molecule has 6 heteroatoms. The molecule has 0 spiro atoms. The molecule has 0 aliphatic rings. The topological polar surface area (TPSA) is 96.3 Å². The molecule has 3 aromatic rings. The Hall–Kier alpha value is -3.92. The molecule has 3 rings (SSSR count). The number of nitrogens with one attached hydrogen (secondary N) is 1. The molecule has 0 aliphatic heterocycles. The van der Waals surface area contributed by atoms with Gasteiger partial charge in [0.15, 0.2) is 5.57 Å². The Kier molecular flexibility index (Phi) is 5.05. The van der Waals surface area contributed by atoms with Crippen LogP contribution in [0.2, 0.25) is 0 Å². The van der Waals surface area contributed by atoms with E-state index in [9.17, 15) is 0 Å². The Balaban J connectivity index is 1.91. The molecule has 0 radical (unpaired) electrons. The SMILES string of the molecule is N#CC(C#N)=C(C#N)Nc1cccc(-c2csc(-c3ccccc3)n2)c1. The smallest absolute Gasteiger partial charge is 0.163 e. The van der Waals surface area contributed by atoms with Crippen molar-refractivity contribution in [3.63, 3.8) is 0 Å². The van der Waals surface area contributed by atoms with Crippen LogP contribution in [0.3, 0.4) is 0 Å². The minimum Gasteiger partial charge on any atom is -0.345 e. The van der Waals surface area contributed by atoms with Gasteiger partial charge in [-0.3, -0.25) is 0 Å². The number of aromatic nitrogens is 1. The van der Waals surface area contributed by atoms with E-state index in [1.165, 1.54) is 0 Å². The highest BCUT2D eigenvalue weighted by Gasteiger charge is 2.09. The Labute approximate surface area is 154 Å². The maximum Gasteiger partial charge on any atom is 0.163 e. The lowest BCUT2D eigenvalue weighted by atomic mass is 10.1. The molecule has 2 aromatic carbocycles. The fraction of sp³-hybridized carbons (Fsp3) is 0. The highest BCUT2D eigenvalue weighted by molar-refractivity contribution is 7.13. The van der Waals surface area contributed by atoms with Gasteiger partial charge in [0.25, 0.3) is 0 Å². The summed E-state index contributed by atoms with van der Waals surface area (Å²) in [5.74, 6) is 0. The van der Waals surface area contributed by atoms with Crippen LogP contribution in [0.4, 0.5) is 5.69 Å². The van der Waals surface area contributed by atoms with Crippen LogP contribution in [0.5, 0.6) is 0 Å². The minimum absolute atomic E-state index is 0.0737. The minimum atomic E-state index is -0.252. The second kappa shape index (κ2) is 7.77. The average Bonchev–Trinajstić information content (AvgIpc) is 3.19. The van der Waals surface area contributed by atoms with Gasteiger partial charge in [0, 0.05) is 22.2 Å². The highest BCUT2D eigenvalue weighted by atomic mass is 32.1. The summed E-state index contributed by atoms with van der Waals surface area (Å²) in [6, 6.07) is 22.5. The standard InChI is InChI=1S/C20H11N5S/c21-10-16(11-22)18(12-23)24-17-8-4-7-15(9-17)19-13-26-20(25-19)14-5-2-1-3-6-14/h1-9,13,24H. The summed E-state index contributed by atoms with van der Waals surface area (Å²) >= 11 is 1.55. The van der Waals surface area contributed by atoms with E-state index >= 15 is 0 Å². The summed E-state index contributed by atoms with van der Waals surface area (Å²) < 4.78 is 0. The lowest BCUT2D eigenvalue weighted by Crippen LogP contribution is -2.00. The first-order valence-corrected chi connectivity index (χ1v) is 8.46. The third-order valence-corrected chi connectivity index (χ3v) is 4.43. The van der Waals surface area contributed by atoms with Gasteiger partial charge in [0.05, 0.1) is 5.69 Å². The van der Waals surface area contributed by atoms with Gasteiger partial charge < -0.3 is 5.32 Å². The zero-order chi connectivity index (χ0) is 18.4. The summed E-state index contributed by atoms with van der Waals surface area (Å²) in [5, 5.41) is 32.7. The Morgan fingerprint density at radius 3 is 2.31 bits per heavy atom. The van der Waals surface area contributed by atoms with Gasteiger partial charge in [0.2, 0.25) is 0 Å². The van der Waals surface area contributed by atoms with Crippen molar-refractivity contribution in [2.45, 2.75) is 0 Å². The van der Waals surface area contributed by atoms with Crippen LogP contribution in [0.15, 0.2) is 71.2 Å². The van der Waals surface area contributed by atoms with E-state index < -0.39 is 0 Å². The number of thiazole rings is 1. The molecular formula is C20H11N5S. The van der Waals surface area contributed by atoms with Crippen molar-refractivity contribution in [3.8, 4) is 40.0 Å². The third-order valence-electron chi connectivity index (χ3n) is 3.54. The normalized spacial score (nSPS) is 9.42. The first-order valence-electron chi connectivity index (χ1n) is 7.58. The number of allylic oxidation sites excluding steroid dienone is 2. The van der Waals surface area contributed by atoms with Gasteiger partial charge in [-0.1, -0.05) is 42.5 Å². The predicted octanol–water partition coefficient (Wildman–Crippen LogP) is 4.71. The van der Waals surface area contributed by atoms with Gasteiger partial charge in [-0.15, -0.1) is 11.3 Å². The molecule has 1 aromatic heterocycles. The van der Waals surface area contributed by atoms with Crippen LogP contribution < -0.4 is 5.32 Å². The Bertz CT molecular complexity index is 1080. The van der Waals surface area contributed by atoms with Gasteiger partial charge in [-0.05, 0) is 12.1 Å². The summed E-state index contributed by atoms with van der Waals surface area (Å²) in [6.45, 7) is 0. The third kappa shape index (κ3) is 3.60. The molecular weight excluding hydrogens is 342 g/mol. The number of benzene rings is 2. The molecule has 0 saturated heterocycles. The number of hydrogen-bond donors (Lipinski definition) is 1. The number of rotatable bonds is 4. The molecule has 1 N–H and O–H groups in total. The first kappa shape index (κ1) is 16.9. The van der Waals surface area contributed by atoms with E-state index in [4.69, 9.17) is 15.8 Å². The summed E-state index contributed by atoms with van der Waals surface area (Å²) in [5.41, 5.74) is 3.03. The van der Waals surface area contributed by atoms with Crippen LogP contribution >= 0.6 is 11.3 Å². The van der Waals surface area contributed by atoms with Gasteiger partial charge in [-0.25, -0.2) is 4.98 Å². The highest BCUT2D eigenvalue weighted by Crippen LogP contribution is 2.30. The molecule has 0 amide bonds. The molecule has 1 heterocycles. The molecule has 122 valence electrons. The number of anilines is 1. The fourth-order valence-electron chi connectivity index (χ4n) is 2.30. The summed E-state index contributed by atoms with van der Waals surface area (Å²) in [6.07, 6.45) is 0. The summed E-state index contributed by atoms with van der Waals surface area (Å²) in [4.78, 5) is 4.67. The first-order chi connectivity index (χ1) is 12.7. The lowest BCUT2D eigenvalue weighted by Gasteiger charge is -2.06. The van der Waals surface area contributed by atoms with Crippen molar-refractivity contribution < 1.29 is 0 Å². The molecule has 5 nitrogen and oxygen atoms in total. The van der Waals surface area contributed by atoms with Crippen molar-refractivity contribution >= 4 is 17.0 Å². The Morgan fingerprint density at radius 2 is 1.62 bits per heavy atom. The second-order valence-electron chi connectivity index (χ2n) is 5.20. The maximum atomic E-state index is 9.15. The van der Waals surface area contributed by atoms with Gasteiger partial charge in [-0.2, -0.15) is 15.8 Å². The average molecular weight is 353 g/mol. The van der Waals surface area contributed by atoms with Crippen molar-refractivity contribution in [2.75, 3.05) is 5.32 Å². The summed E-state index contributed by atoms with van der Waals surface area (Å²) in [7, 11) is 0. The van der Waals surface area contributed by atoms with E-state index in [0.29, 0.717) is 5.69 Å². The van der Waals surface area contributed by atoms with E-state index in [1.54, 1.807) is 29.5 Å². The van der Waals surface area contributed by atoms with E-state index in [-0.39, 0.29) is 11.3 Å². The monoisotopic (exact) mass is 353 g/mol. The van der Waals surface area contributed by atoms with Crippen molar-refractivity contribution in [3.05, 3.63) is 71.2 Å². The van der Waals surface area contributed by atoms with Crippen LogP contribution in [0.25, 0.3) is 21.8 Å². The van der Waals surface area contributed by atoms with Crippen molar-refractivity contribution in [1.82, 2.24) is 4.98 Å². The fourth-order valence-corrected chi connectivity index (χ4v) is 3.14. The number of hydrogen-bond acceptors (Lipinski definition) is 6. The molecule has 0 bridgehead atoms. The molecule has 0 aliphatic carbocycles. The van der Waals surface area contributed by atoms with Crippen LogP contribution in [0, 0.1) is 34.0 Å². The van der Waals surface area contributed by atoms with Crippen LogP contribution in [-0.4, -0.2) is 4.98 Å². The maximum absolute atomic E-state index is 9.15. The second-order valence-corrected chi connectivity index (χ2v) is 6.05. The molecule has 0 saturated carbocycles. The Morgan fingerprint density at radius 1 is 0.885 bits per heavy atom. The largest absolute Gasteiger partial charge is 0.345 e. The van der Waals surface area contributed by atoms with E-state index in [0.717, 1.165) is 21.8 Å². The zero-order valence-electron chi connectivity index (χ0n) is 13.5. The molecule has 0 fully saturated rings. The lowest BCUT2D eigenvalue weighted by molar-refractivity contribution is 1.36.